The number of nitrogens with zero attached hydrogens (tertiary/aromatic N) is 3. The zero-order chi connectivity index (χ0) is 19.6. The zero-order valence-electron chi connectivity index (χ0n) is 15.4. The van der Waals surface area contributed by atoms with E-state index in [4.69, 9.17) is 11.6 Å². The van der Waals surface area contributed by atoms with Gasteiger partial charge in [0.2, 0.25) is 0 Å². The van der Waals surface area contributed by atoms with Crippen molar-refractivity contribution in [1.29, 1.82) is 5.26 Å². The molecule has 0 bridgehead atoms. The Balaban J connectivity index is 2.22. The van der Waals surface area contributed by atoms with Crippen LogP contribution in [0.5, 0.6) is 0 Å². The van der Waals surface area contributed by atoms with Crippen molar-refractivity contribution in [2.24, 2.45) is 0 Å². The minimum Gasteiger partial charge on any atom is -0.268 e. The Labute approximate surface area is 167 Å². The van der Waals surface area contributed by atoms with E-state index < -0.39 is 0 Å². The molecule has 1 heterocycles. The lowest BCUT2D eigenvalue weighted by Gasteiger charge is -2.15. The molecule has 138 valence electrons. The summed E-state index contributed by atoms with van der Waals surface area (Å²) < 4.78 is 1.57. The SMILES string of the molecule is CC[C@H](C)c1ccc(-n2c(S[C@H](C)C#N)nc3ccc(Cl)cc3c2=O)cc1. The van der Waals surface area contributed by atoms with E-state index in [0.29, 0.717) is 27.0 Å². The summed E-state index contributed by atoms with van der Waals surface area (Å²) in [7, 11) is 0. The van der Waals surface area contributed by atoms with Crippen LogP contribution in [0.4, 0.5) is 0 Å². The molecular formula is C21H20ClN3OS. The van der Waals surface area contributed by atoms with Gasteiger partial charge in [-0.3, -0.25) is 9.36 Å². The highest BCUT2D eigenvalue weighted by molar-refractivity contribution is 8.00. The molecule has 0 aliphatic heterocycles. The molecule has 3 rings (SSSR count). The lowest BCUT2D eigenvalue weighted by molar-refractivity contribution is 0.732. The number of benzene rings is 2. The first-order valence-corrected chi connectivity index (χ1v) is 10.1. The highest BCUT2D eigenvalue weighted by Gasteiger charge is 2.16. The average Bonchev–Trinajstić information content (AvgIpc) is 2.68. The molecule has 0 spiro atoms. The summed E-state index contributed by atoms with van der Waals surface area (Å²) in [5.41, 5.74) is 2.34. The van der Waals surface area contributed by atoms with Crippen molar-refractivity contribution in [2.75, 3.05) is 0 Å². The first-order chi connectivity index (χ1) is 12.9. The summed E-state index contributed by atoms with van der Waals surface area (Å²) >= 11 is 7.35. The molecular weight excluding hydrogens is 378 g/mol. The molecule has 2 aromatic carbocycles. The number of hydrogen-bond acceptors (Lipinski definition) is 4. The van der Waals surface area contributed by atoms with Crippen molar-refractivity contribution in [3.63, 3.8) is 0 Å². The average molecular weight is 398 g/mol. The van der Waals surface area contributed by atoms with Gasteiger partial charge >= 0.3 is 0 Å². The summed E-state index contributed by atoms with van der Waals surface area (Å²) in [6, 6.07) is 15.2. The molecule has 0 amide bonds. The predicted octanol–water partition coefficient (Wildman–Crippen LogP) is 5.56. The van der Waals surface area contributed by atoms with E-state index >= 15 is 0 Å². The highest BCUT2D eigenvalue weighted by Crippen LogP contribution is 2.27. The minimum atomic E-state index is -0.327. The summed E-state index contributed by atoms with van der Waals surface area (Å²) in [6.07, 6.45) is 1.05. The number of halogens is 1. The number of aromatic nitrogens is 2. The Hall–Kier alpha value is -2.29. The van der Waals surface area contributed by atoms with Crippen LogP contribution in [0.15, 0.2) is 52.4 Å². The summed E-state index contributed by atoms with van der Waals surface area (Å²) in [5, 5.41) is 10.3. The largest absolute Gasteiger partial charge is 0.268 e. The second-order valence-corrected chi connectivity index (χ2v) is 8.23. The van der Waals surface area contributed by atoms with Crippen LogP contribution in [0.3, 0.4) is 0 Å². The van der Waals surface area contributed by atoms with Gasteiger partial charge < -0.3 is 0 Å². The van der Waals surface area contributed by atoms with Crippen LogP contribution in [0.25, 0.3) is 16.6 Å². The van der Waals surface area contributed by atoms with E-state index in [1.54, 1.807) is 29.7 Å². The normalized spacial score (nSPS) is 13.3. The van der Waals surface area contributed by atoms with Crippen LogP contribution in [0.2, 0.25) is 5.02 Å². The molecule has 0 saturated heterocycles. The predicted molar refractivity (Wildman–Crippen MR) is 112 cm³/mol. The van der Waals surface area contributed by atoms with E-state index in [-0.39, 0.29) is 10.8 Å². The number of rotatable bonds is 5. The monoisotopic (exact) mass is 397 g/mol. The topological polar surface area (TPSA) is 58.7 Å². The van der Waals surface area contributed by atoms with Crippen molar-refractivity contribution in [3.8, 4) is 11.8 Å². The van der Waals surface area contributed by atoms with Crippen LogP contribution < -0.4 is 5.56 Å². The van der Waals surface area contributed by atoms with Gasteiger partial charge in [-0.2, -0.15) is 5.26 Å². The van der Waals surface area contributed by atoms with Gasteiger partial charge in [-0.1, -0.05) is 49.3 Å². The highest BCUT2D eigenvalue weighted by atomic mass is 35.5. The third-order valence-corrected chi connectivity index (χ3v) is 5.77. The van der Waals surface area contributed by atoms with Gasteiger partial charge in [0.15, 0.2) is 5.16 Å². The lowest BCUT2D eigenvalue weighted by atomic mass is 9.98. The van der Waals surface area contributed by atoms with E-state index in [0.717, 1.165) is 12.1 Å². The van der Waals surface area contributed by atoms with Crippen molar-refractivity contribution in [2.45, 2.75) is 43.5 Å². The molecule has 0 saturated carbocycles. The molecule has 27 heavy (non-hydrogen) atoms. The fourth-order valence-corrected chi connectivity index (χ4v) is 3.80. The molecule has 6 heteroatoms. The Kier molecular flexibility index (Phi) is 5.88. The van der Waals surface area contributed by atoms with Crippen molar-refractivity contribution >= 4 is 34.3 Å². The van der Waals surface area contributed by atoms with Crippen LogP contribution >= 0.6 is 23.4 Å². The van der Waals surface area contributed by atoms with E-state index in [9.17, 15) is 10.1 Å². The van der Waals surface area contributed by atoms with Gasteiger partial charge in [0, 0.05) is 5.02 Å². The Morgan fingerprint density at radius 2 is 1.93 bits per heavy atom. The first kappa shape index (κ1) is 19.5. The zero-order valence-corrected chi connectivity index (χ0v) is 17.0. The van der Waals surface area contributed by atoms with Crippen molar-refractivity contribution in [1.82, 2.24) is 9.55 Å². The van der Waals surface area contributed by atoms with E-state index in [2.05, 4.69) is 24.9 Å². The molecule has 0 unspecified atom stereocenters. The quantitative estimate of drug-likeness (QED) is 0.418. The number of hydrogen-bond donors (Lipinski definition) is 0. The molecule has 0 fully saturated rings. The van der Waals surface area contributed by atoms with Gasteiger partial charge in [0.25, 0.3) is 5.56 Å². The Bertz CT molecular complexity index is 1070. The van der Waals surface area contributed by atoms with Crippen LogP contribution in [0, 0.1) is 11.3 Å². The maximum Gasteiger partial charge on any atom is 0.266 e. The van der Waals surface area contributed by atoms with E-state index in [1.807, 2.05) is 24.3 Å². The molecule has 0 N–H and O–H groups in total. The van der Waals surface area contributed by atoms with Crippen molar-refractivity contribution in [3.05, 3.63) is 63.4 Å². The number of nitriles is 1. The lowest BCUT2D eigenvalue weighted by Crippen LogP contribution is -2.22. The van der Waals surface area contributed by atoms with Crippen LogP contribution in [-0.4, -0.2) is 14.8 Å². The number of thioether (sulfide) groups is 1. The Morgan fingerprint density at radius 3 is 2.56 bits per heavy atom. The first-order valence-electron chi connectivity index (χ1n) is 8.83. The van der Waals surface area contributed by atoms with Crippen LogP contribution in [-0.2, 0) is 0 Å². The molecule has 0 radical (unpaired) electrons. The fourth-order valence-electron chi connectivity index (χ4n) is 2.82. The summed E-state index contributed by atoms with van der Waals surface area (Å²) in [4.78, 5) is 17.8. The fraction of sp³-hybridized carbons (Fsp3) is 0.286. The molecule has 3 aromatic rings. The second kappa shape index (κ2) is 8.16. The van der Waals surface area contributed by atoms with E-state index in [1.165, 1.54) is 17.3 Å². The summed E-state index contributed by atoms with van der Waals surface area (Å²) in [6.45, 7) is 6.12. The standard InChI is InChI=1S/C21H20ClN3OS/c1-4-13(2)15-5-8-17(9-6-15)25-20(26)18-11-16(22)7-10-19(18)24-21(25)27-14(3)12-23/h5-11,13-14H,4H2,1-3H3/t13-,14+/m0/s1. The maximum absolute atomic E-state index is 13.2. The smallest absolute Gasteiger partial charge is 0.266 e. The minimum absolute atomic E-state index is 0.188. The second-order valence-electron chi connectivity index (χ2n) is 6.49. The third-order valence-electron chi connectivity index (χ3n) is 4.60. The van der Waals surface area contributed by atoms with Gasteiger partial charge in [0.05, 0.1) is 27.9 Å². The maximum atomic E-state index is 13.2. The third kappa shape index (κ3) is 4.02. The summed E-state index contributed by atoms with van der Waals surface area (Å²) in [5.74, 6) is 0.455. The number of fused-ring (bicyclic) bond motifs is 1. The molecule has 0 aliphatic carbocycles. The molecule has 4 nitrogen and oxygen atoms in total. The van der Waals surface area contributed by atoms with Crippen LogP contribution in [0.1, 0.15) is 38.7 Å². The molecule has 0 aliphatic rings. The Morgan fingerprint density at radius 1 is 1.22 bits per heavy atom. The van der Waals surface area contributed by atoms with Gasteiger partial charge in [0.1, 0.15) is 0 Å². The van der Waals surface area contributed by atoms with Gasteiger partial charge in [-0.05, 0) is 55.2 Å². The van der Waals surface area contributed by atoms with Crippen molar-refractivity contribution < 1.29 is 0 Å². The molecule has 1 aromatic heterocycles. The molecule has 2 atom stereocenters. The van der Waals surface area contributed by atoms with Gasteiger partial charge in [-0.15, -0.1) is 0 Å². The van der Waals surface area contributed by atoms with Gasteiger partial charge in [-0.25, -0.2) is 4.98 Å².